The van der Waals surface area contributed by atoms with Crippen LogP contribution in [-0.4, -0.2) is 24.2 Å². The molecule has 0 spiro atoms. The highest BCUT2D eigenvalue weighted by Gasteiger charge is 2.16. The molecular weight excluding hydrogens is 238 g/mol. The molecule has 0 aromatic heterocycles. The Hall–Kier alpha value is -0.110. The second-order valence-corrected chi connectivity index (χ2v) is 6.54. The van der Waals surface area contributed by atoms with Crippen LogP contribution in [0.2, 0.25) is 0 Å². The van der Waals surface area contributed by atoms with Crippen LogP contribution in [0.25, 0.3) is 0 Å². The minimum atomic E-state index is 1.02. The third-order valence-corrected chi connectivity index (χ3v) is 5.16. The van der Waals surface area contributed by atoms with E-state index in [-0.39, 0.29) is 0 Å². The third kappa shape index (κ3) is 5.26. The number of hydrogen-bond donors (Lipinski definition) is 0. The molecule has 1 saturated heterocycles. The van der Waals surface area contributed by atoms with Crippen molar-refractivity contribution in [3.63, 3.8) is 0 Å². The van der Waals surface area contributed by atoms with Crippen LogP contribution in [0.5, 0.6) is 0 Å². The predicted molar refractivity (Wildman–Crippen MR) is 84.9 cm³/mol. The molecule has 0 aromatic rings. The van der Waals surface area contributed by atoms with Crippen molar-refractivity contribution in [1.29, 1.82) is 0 Å². The Kier molecular flexibility index (Phi) is 7.88. The fourth-order valence-electron chi connectivity index (χ4n) is 2.90. The third-order valence-electron chi connectivity index (χ3n) is 4.25. The lowest BCUT2D eigenvalue weighted by molar-refractivity contribution is 0.256. The van der Waals surface area contributed by atoms with Crippen LogP contribution < -0.4 is 0 Å². The molecule has 2 heteroatoms. The fourth-order valence-corrected chi connectivity index (χ4v) is 3.57. The van der Waals surface area contributed by atoms with Crippen LogP contribution >= 0.6 is 11.8 Å². The van der Waals surface area contributed by atoms with Gasteiger partial charge in [-0.15, -0.1) is 11.8 Å². The van der Waals surface area contributed by atoms with E-state index in [4.69, 9.17) is 0 Å². The standard InChI is InChI=1S/C9H18.C7H13NS/c1-3-9-6-4-5-8(2)7-9;1-3-7(9-2)8-5-4-6-8/h8-9H,3-7H2,1-2H3;3H,4-6H2,1-2H3. The van der Waals surface area contributed by atoms with Crippen LogP contribution in [0.15, 0.2) is 11.1 Å². The molecule has 2 fully saturated rings. The normalized spacial score (nSPS) is 28.2. The first kappa shape index (κ1) is 15.9. The number of thioether (sulfide) groups is 1. The summed E-state index contributed by atoms with van der Waals surface area (Å²) in [4.78, 5) is 2.41. The van der Waals surface area contributed by atoms with Crippen LogP contribution in [0.3, 0.4) is 0 Å². The molecule has 0 radical (unpaired) electrons. The van der Waals surface area contributed by atoms with Crippen molar-refractivity contribution in [2.24, 2.45) is 11.8 Å². The first-order valence-corrected chi connectivity index (χ1v) is 8.88. The molecule has 1 heterocycles. The van der Waals surface area contributed by atoms with Crippen LogP contribution in [0, 0.1) is 11.8 Å². The fraction of sp³-hybridized carbons (Fsp3) is 0.875. The van der Waals surface area contributed by atoms with Gasteiger partial charge in [0, 0.05) is 13.1 Å². The van der Waals surface area contributed by atoms with Crippen molar-refractivity contribution in [2.45, 2.75) is 59.3 Å². The molecule has 0 aromatic carbocycles. The minimum absolute atomic E-state index is 1.02. The summed E-state index contributed by atoms with van der Waals surface area (Å²) in [5.74, 6) is 2.08. The molecule has 1 aliphatic heterocycles. The van der Waals surface area contributed by atoms with Gasteiger partial charge in [-0.2, -0.15) is 0 Å². The average molecular weight is 269 g/mol. The molecule has 1 aliphatic carbocycles. The molecule has 2 atom stereocenters. The SMILES string of the molecule is CC=C(SC)N1CCC1.CCC1CCCC(C)C1. The second-order valence-electron chi connectivity index (χ2n) is 5.72. The van der Waals surface area contributed by atoms with Crippen molar-refractivity contribution < 1.29 is 0 Å². The van der Waals surface area contributed by atoms with Gasteiger partial charge in [0.05, 0.1) is 5.03 Å². The summed E-state index contributed by atoms with van der Waals surface area (Å²) in [7, 11) is 0. The average Bonchev–Trinajstić information content (AvgIpc) is 2.34. The number of nitrogens with zero attached hydrogens (tertiary/aromatic N) is 1. The molecule has 106 valence electrons. The molecule has 2 unspecified atom stereocenters. The van der Waals surface area contributed by atoms with E-state index in [1.807, 2.05) is 11.8 Å². The molecular formula is C16H31NS. The monoisotopic (exact) mass is 269 g/mol. The number of rotatable bonds is 3. The van der Waals surface area contributed by atoms with Crippen molar-refractivity contribution in [1.82, 2.24) is 4.90 Å². The van der Waals surface area contributed by atoms with Crippen molar-refractivity contribution in [2.75, 3.05) is 19.3 Å². The van der Waals surface area contributed by atoms with Crippen LogP contribution in [0.4, 0.5) is 0 Å². The smallest absolute Gasteiger partial charge is 0.0661 e. The van der Waals surface area contributed by atoms with Crippen molar-refractivity contribution in [3.05, 3.63) is 11.1 Å². The summed E-state index contributed by atoms with van der Waals surface area (Å²) in [6.45, 7) is 9.34. The summed E-state index contributed by atoms with van der Waals surface area (Å²) in [6.07, 6.45) is 13.1. The van der Waals surface area contributed by atoms with E-state index in [9.17, 15) is 0 Å². The number of allylic oxidation sites excluding steroid dienone is 1. The van der Waals surface area contributed by atoms with E-state index < -0.39 is 0 Å². The highest BCUT2D eigenvalue weighted by molar-refractivity contribution is 8.02. The molecule has 18 heavy (non-hydrogen) atoms. The van der Waals surface area contributed by atoms with Gasteiger partial charge in [-0.05, 0) is 37.9 Å². The molecule has 2 rings (SSSR count). The van der Waals surface area contributed by atoms with Gasteiger partial charge in [0.1, 0.15) is 0 Å². The summed E-state index contributed by atoms with van der Waals surface area (Å²) in [5.41, 5.74) is 0. The molecule has 2 aliphatic rings. The Bertz CT molecular complexity index is 245. The van der Waals surface area contributed by atoms with E-state index in [1.54, 1.807) is 0 Å². The maximum Gasteiger partial charge on any atom is 0.0661 e. The summed E-state index contributed by atoms with van der Waals surface area (Å²) in [5, 5.41) is 1.43. The summed E-state index contributed by atoms with van der Waals surface area (Å²) < 4.78 is 0. The van der Waals surface area contributed by atoms with E-state index >= 15 is 0 Å². The summed E-state index contributed by atoms with van der Waals surface area (Å²) >= 11 is 1.84. The lowest BCUT2D eigenvalue weighted by Gasteiger charge is -2.34. The van der Waals surface area contributed by atoms with Crippen LogP contribution in [-0.2, 0) is 0 Å². The second kappa shape index (κ2) is 8.90. The highest BCUT2D eigenvalue weighted by atomic mass is 32.2. The van der Waals surface area contributed by atoms with Gasteiger partial charge >= 0.3 is 0 Å². The topological polar surface area (TPSA) is 3.24 Å². The maximum absolute atomic E-state index is 2.41. The number of likely N-dealkylation sites (tertiary alicyclic amines) is 1. The van der Waals surface area contributed by atoms with Gasteiger partial charge in [-0.3, -0.25) is 0 Å². The van der Waals surface area contributed by atoms with E-state index in [2.05, 4.69) is 38.0 Å². The van der Waals surface area contributed by atoms with Gasteiger partial charge in [-0.1, -0.05) is 45.6 Å². The Labute approximate surface area is 118 Å². The zero-order chi connectivity index (χ0) is 13.4. The van der Waals surface area contributed by atoms with Gasteiger partial charge in [0.25, 0.3) is 0 Å². The van der Waals surface area contributed by atoms with Gasteiger partial charge < -0.3 is 4.90 Å². The van der Waals surface area contributed by atoms with Crippen molar-refractivity contribution in [3.8, 4) is 0 Å². The number of hydrogen-bond acceptors (Lipinski definition) is 2. The lowest BCUT2D eigenvalue weighted by Crippen LogP contribution is -2.35. The maximum atomic E-state index is 2.41. The molecule has 0 bridgehead atoms. The van der Waals surface area contributed by atoms with E-state index in [0.717, 1.165) is 11.8 Å². The van der Waals surface area contributed by atoms with Gasteiger partial charge in [0.2, 0.25) is 0 Å². The Morgan fingerprint density at radius 3 is 2.28 bits per heavy atom. The first-order chi connectivity index (χ1) is 8.71. The molecule has 1 nitrogen and oxygen atoms in total. The highest BCUT2D eigenvalue weighted by Crippen LogP contribution is 2.30. The van der Waals surface area contributed by atoms with Gasteiger partial charge in [-0.25, -0.2) is 0 Å². The van der Waals surface area contributed by atoms with Crippen LogP contribution in [0.1, 0.15) is 59.3 Å². The Balaban J connectivity index is 0.000000180. The quantitative estimate of drug-likeness (QED) is 0.698. The zero-order valence-corrected chi connectivity index (χ0v) is 13.6. The van der Waals surface area contributed by atoms with E-state index in [0.29, 0.717) is 0 Å². The Morgan fingerprint density at radius 2 is 2.00 bits per heavy atom. The largest absolute Gasteiger partial charge is 0.367 e. The minimum Gasteiger partial charge on any atom is -0.367 e. The summed E-state index contributed by atoms with van der Waals surface area (Å²) in [6, 6.07) is 0. The van der Waals surface area contributed by atoms with Gasteiger partial charge in [0.15, 0.2) is 0 Å². The first-order valence-electron chi connectivity index (χ1n) is 7.66. The zero-order valence-electron chi connectivity index (χ0n) is 12.7. The molecule has 0 amide bonds. The molecule has 0 N–H and O–H groups in total. The van der Waals surface area contributed by atoms with Crippen molar-refractivity contribution >= 4 is 11.8 Å². The molecule has 1 saturated carbocycles. The predicted octanol–water partition coefficient (Wildman–Crippen LogP) is 5.14. The van der Waals surface area contributed by atoms with E-state index in [1.165, 1.54) is 56.6 Å². The lowest BCUT2D eigenvalue weighted by atomic mass is 9.81. The Morgan fingerprint density at radius 1 is 1.28 bits per heavy atom.